The summed E-state index contributed by atoms with van der Waals surface area (Å²) in [5.41, 5.74) is -3.86. The van der Waals surface area contributed by atoms with Gasteiger partial charge in [-0.05, 0) is 41.6 Å². The second kappa shape index (κ2) is 7.52. The number of rotatable bonds is 4. The molecule has 2 aromatic rings. The average Bonchev–Trinajstić information content (AvgIpc) is 2.51. The molecule has 1 heterocycles. The molecule has 0 fully saturated rings. The second-order valence-corrected chi connectivity index (χ2v) is 5.88. The van der Waals surface area contributed by atoms with Crippen molar-refractivity contribution in [2.45, 2.75) is 16.9 Å². The lowest BCUT2D eigenvalue weighted by atomic mass is 10.3. The Morgan fingerprint density at radius 3 is 2.67 bits per heavy atom. The first kappa shape index (κ1) is 18.1. The Bertz CT molecular complexity index is 710. The van der Waals surface area contributed by atoms with Crippen LogP contribution >= 0.6 is 11.8 Å². The van der Waals surface area contributed by atoms with Crippen LogP contribution in [0.2, 0.25) is 0 Å². The number of anilines is 1. The highest BCUT2D eigenvalue weighted by molar-refractivity contribution is 8.00. The van der Waals surface area contributed by atoms with Crippen LogP contribution in [-0.2, 0) is 6.54 Å². The van der Waals surface area contributed by atoms with Gasteiger partial charge in [0.25, 0.3) is 0 Å². The fourth-order valence-corrected chi connectivity index (χ4v) is 2.43. The van der Waals surface area contributed by atoms with Gasteiger partial charge < -0.3 is 5.32 Å². The van der Waals surface area contributed by atoms with Crippen molar-refractivity contribution in [1.29, 1.82) is 0 Å². The van der Waals surface area contributed by atoms with Gasteiger partial charge in [-0.1, -0.05) is 6.07 Å². The minimum atomic E-state index is -4.50. The van der Waals surface area contributed by atoms with Gasteiger partial charge in [0.05, 0.1) is 5.69 Å². The zero-order valence-corrected chi connectivity index (χ0v) is 13.3. The molecule has 1 aromatic carbocycles. The molecule has 2 amide bonds. The SMILES string of the molecule is CN(C(=O)NCc1cccnc1)c1ccc(SC(F)(F)F)cc1F. The fourth-order valence-electron chi connectivity index (χ4n) is 1.87. The van der Waals surface area contributed by atoms with Crippen molar-refractivity contribution >= 4 is 23.5 Å². The van der Waals surface area contributed by atoms with Gasteiger partial charge in [-0.3, -0.25) is 9.88 Å². The number of carbonyl (C=O) groups is 1. The Balaban J connectivity index is 2.03. The van der Waals surface area contributed by atoms with Crippen molar-refractivity contribution in [3.8, 4) is 0 Å². The number of alkyl halides is 3. The number of amides is 2. The number of urea groups is 1. The predicted octanol–water partition coefficient (Wildman–Crippen LogP) is 4.18. The quantitative estimate of drug-likeness (QED) is 0.658. The Morgan fingerprint density at radius 1 is 1.33 bits per heavy atom. The van der Waals surface area contributed by atoms with Crippen LogP contribution < -0.4 is 10.2 Å². The van der Waals surface area contributed by atoms with Gasteiger partial charge in [0, 0.05) is 30.9 Å². The Kier molecular flexibility index (Phi) is 5.66. The number of thioether (sulfide) groups is 1. The highest BCUT2D eigenvalue weighted by atomic mass is 32.2. The van der Waals surface area contributed by atoms with Crippen LogP contribution in [-0.4, -0.2) is 23.6 Å². The zero-order valence-electron chi connectivity index (χ0n) is 12.5. The summed E-state index contributed by atoms with van der Waals surface area (Å²) in [6.45, 7) is 0.195. The molecule has 0 aliphatic carbocycles. The number of halogens is 4. The molecule has 0 bridgehead atoms. The van der Waals surface area contributed by atoms with E-state index in [1.165, 1.54) is 7.05 Å². The number of hydrogen-bond acceptors (Lipinski definition) is 3. The van der Waals surface area contributed by atoms with Gasteiger partial charge in [-0.2, -0.15) is 13.2 Å². The Morgan fingerprint density at radius 2 is 2.08 bits per heavy atom. The molecule has 24 heavy (non-hydrogen) atoms. The minimum absolute atomic E-state index is 0.120. The van der Waals surface area contributed by atoms with Crippen LogP contribution in [0, 0.1) is 5.82 Å². The standard InChI is InChI=1S/C15H13F4N3OS/c1-22(14(23)21-9-10-3-2-6-20-8-10)13-5-4-11(7-12(13)16)24-15(17,18)19/h2-8H,9H2,1H3,(H,21,23). The molecule has 0 spiro atoms. The molecule has 0 saturated heterocycles. The van der Waals surface area contributed by atoms with E-state index < -0.39 is 29.1 Å². The third kappa shape index (κ3) is 5.12. The summed E-state index contributed by atoms with van der Waals surface area (Å²) in [4.78, 5) is 16.6. The van der Waals surface area contributed by atoms with E-state index in [0.29, 0.717) is 0 Å². The van der Waals surface area contributed by atoms with Gasteiger partial charge in [-0.15, -0.1) is 0 Å². The highest BCUT2D eigenvalue weighted by Crippen LogP contribution is 2.38. The van der Waals surface area contributed by atoms with E-state index in [-0.39, 0.29) is 17.1 Å². The van der Waals surface area contributed by atoms with E-state index >= 15 is 0 Å². The smallest absolute Gasteiger partial charge is 0.334 e. The van der Waals surface area contributed by atoms with Crippen molar-refractivity contribution in [1.82, 2.24) is 10.3 Å². The molecule has 0 unspecified atom stereocenters. The molecule has 9 heteroatoms. The van der Waals surface area contributed by atoms with Crippen LogP contribution in [0.5, 0.6) is 0 Å². The van der Waals surface area contributed by atoms with E-state index in [2.05, 4.69) is 10.3 Å². The number of hydrogen-bond donors (Lipinski definition) is 1. The summed E-state index contributed by atoms with van der Waals surface area (Å²) in [5, 5.41) is 2.57. The molecule has 128 valence electrons. The van der Waals surface area contributed by atoms with Crippen molar-refractivity contribution in [3.05, 3.63) is 54.1 Å². The maximum absolute atomic E-state index is 14.0. The number of pyridine rings is 1. The van der Waals surface area contributed by atoms with E-state index in [9.17, 15) is 22.4 Å². The zero-order chi connectivity index (χ0) is 17.7. The topological polar surface area (TPSA) is 45.2 Å². The average molecular weight is 359 g/mol. The molecule has 0 atom stereocenters. The van der Waals surface area contributed by atoms with Crippen LogP contribution in [0.4, 0.5) is 28.0 Å². The third-order valence-electron chi connectivity index (χ3n) is 2.99. The van der Waals surface area contributed by atoms with E-state index in [1.807, 2.05) is 0 Å². The molecule has 1 N–H and O–H groups in total. The summed E-state index contributed by atoms with van der Waals surface area (Å²) >= 11 is -0.415. The van der Waals surface area contributed by atoms with Gasteiger partial charge >= 0.3 is 11.5 Å². The summed E-state index contributed by atoms with van der Waals surface area (Å²) < 4.78 is 50.8. The van der Waals surface area contributed by atoms with Crippen molar-refractivity contribution in [3.63, 3.8) is 0 Å². The summed E-state index contributed by atoms with van der Waals surface area (Å²) in [7, 11) is 1.33. The number of carbonyl (C=O) groups excluding carboxylic acids is 1. The number of nitrogens with one attached hydrogen (secondary N) is 1. The third-order valence-corrected chi connectivity index (χ3v) is 3.71. The van der Waals surface area contributed by atoms with Crippen LogP contribution in [0.15, 0.2) is 47.6 Å². The van der Waals surface area contributed by atoms with Gasteiger partial charge in [0.15, 0.2) is 0 Å². The van der Waals surface area contributed by atoms with Crippen molar-refractivity contribution in [2.24, 2.45) is 0 Å². The lowest BCUT2D eigenvalue weighted by Crippen LogP contribution is -2.37. The van der Waals surface area contributed by atoms with Gasteiger partial charge in [-0.25, -0.2) is 9.18 Å². The van der Waals surface area contributed by atoms with E-state index in [0.717, 1.165) is 28.7 Å². The Hall–Kier alpha value is -2.29. The van der Waals surface area contributed by atoms with Crippen LogP contribution in [0.25, 0.3) is 0 Å². The first-order valence-electron chi connectivity index (χ1n) is 6.72. The number of aromatic nitrogens is 1. The molecule has 4 nitrogen and oxygen atoms in total. The summed E-state index contributed by atoms with van der Waals surface area (Å²) in [5.74, 6) is -0.914. The first-order valence-corrected chi connectivity index (χ1v) is 7.53. The molecule has 0 radical (unpaired) electrons. The number of nitrogens with zero attached hydrogens (tertiary/aromatic N) is 2. The Labute approximate surface area is 139 Å². The molecule has 0 saturated carbocycles. The maximum Gasteiger partial charge on any atom is 0.446 e. The fraction of sp³-hybridized carbons (Fsp3) is 0.200. The van der Waals surface area contributed by atoms with Crippen molar-refractivity contribution < 1.29 is 22.4 Å². The lowest BCUT2D eigenvalue weighted by molar-refractivity contribution is -0.0328. The maximum atomic E-state index is 14.0. The molecular formula is C15H13F4N3OS. The molecule has 1 aromatic heterocycles. The summed E-state index contributed by atoms with van der Waals surface area (Å²) in [6, 6.07) is 5.88. The van der Waals surface area contributed by atoms with Gasteiger partial charge in [0.2, 0.25) is 0 Å². The van der Waals surface area contributed by atoms with Crippen LogP contribution in [0.3, 0.4) is 0 Å². The van der Waals surface area contributed by atoms with Crippen molar-refractivity contribution in [2.75, 3.05) is 11.9 Å². The molecule has 0 aliphatic rings. The van der Waals surface area contributed by atoms with Crippen LogP contribution in [0.1, 0.15) is 5.56 Å². The van der Waals surface area contributed by atoms with E-state index in [4.69, 9.17) is 0 Å². The van der Waals surface area contributed by atoms with Gasteiger partial charge in [0.1, 0.15) is 5.82 Å². The number of benzene rings is 1. The predicted molar refractivity (Wildman–Crippen MR) is 83.2 cm³/mol. The minimum Gasteiger partial charge on any atom is -0.334 e. The normalized spacial score (nSPS) is 11.2. The monoisotopic (exact) mass is 359 g/mol. The largest absolute Gasteiger partial charge is 0.446 e. The first-order chi connectivity index (χ1) is 11.3. The second-order valence-electron chi connectivity index (χ2n) is 4.74. The highest BCUT2D eigenvalue weighted by Gasteiger charge is 2.29. The molecule has 0 aliphatic heterocycles. The molecule has 2 rings (SSSR count). The lowest BCUT2D eigenvalue weighted by Gasteiger charge is -2.19. The summed E-state index contributed by atoms with van der Waals surface area (Å²) in [6.07, 6.45) is 3.16. The van der Waals surface area contributed by atoms with E-state index in [1.54, 1.807) is 24.5 Å². The molecular weight excluding hydrogens is 346 g/mol.